The van der Waals surface area contributed by atoms with Crippen molar-refractivity contribution < 1.29 is 18.3 Å². The lowest BCUT2D eigenvalue weighted by atomic mass is 10.2. The molecule has 6 nitrogen and oxygen atoms in total. The summed E-state index contributed by atoms with van der Waals surface area (Å²) >= 11 is 0. The standard InChI is InChI=1S/C18H16F2N4O2/c1-25-11-6-7-14(15(8-11)26-2)23-16-9-17(22-10-21-16)24-18-12(19)4-3-5-13(18)20/h3-10H,1-2H3,(H2,21,22,23,24). The van der Waals surface area contributed by atoms with Crippen molar-refractivity contribution in [3.05, 3.63) is 60.4 Å². The summed E-state index contributed by atoms with van der Waals surface area (Å²) in [5, 5.41) is 5.69. The van der Waals surface area contributed by atoms with Crippen LogP contribution in [0.1, 0.15) is 0 Å². The molecule has 26 heavy (non-hydrogen) atoms. The molecule has 0 aliphatic carbocycles. The van der Waals surface area contributed by atoms with E-state index in [9.17, 15) is 8.78 Å². The molecule has 134 valence electrons. The fourth-order valence-electron chi connectivity index (χ4n) is 2.28. The second-order valence-corrected chi connectivity index (χ2v) is 5.20. The second-order valence-electron chi connectivity index (χ2n) is 5.20. The molecule has 2 N–H and O–H groups in total. The van der Waals surface area contributed by atoms with Crippen molar-refractivity contribution in [3.8, 4) is 11.5 Å². The largest absolute Gasteiger partial charge is 0.497 e. The van der Waals surface area contributed by atoms with Crippen molar-refractivity contribution in [2.24, 2.45) is 0 Å². The number of nitrogens with one attached hydrogen (secondary N) is 2. The molecular formula is C18H16F2N4O2. The lowest BCUT2D eigenvalue weighted by molar-refractivity contribution is 0.395. The van der Waals surface area contributed by atoms with Gasteiger partial charge in [0.25, 0.3) is 0 Å². The molecule has 0 fully saturated rings. The number of halogens is 2. The molecule has 0 saturated heterocycles. The van der Waals surface area contributed by atoms with Gasteiger partial charge in [-0.15, -0.1) is 0 Å². The third-order valence-corrected chi connectivity index (χ3v) is 3.55. The zero-order valence-electron chi connectivity index (χ0n) is 14.1. The number of rotatable bonds is 6. The monoisotopic (exact) mass is 358 g/mol. The van der Waals surface area contributed by atoms with Crippen molar-refractivity contribution >= 4 is 23.0 Å². The highest BCUT2D eigenvalue weighted by molar-refractivity contribution is 5.68. The summed E-state index contributed by atoms with van der Waals surface area (Å²) in [4.78, 5) is 8.08. The van der Waals surface area contributed by atoms with E-state index in [2.05, 4.69) is 20.6 Å². The number of anilines is 4. The van der Waals surface area contributed by atoms with Gasteiger partial charge in [-0.2, -0.15) is 0 Å². The summed E-state index contributed by atoms with van der Waals surface area (Å²) in [7, 11) is 3.10. The van der Waals surface area contributed by atoms with Gasteiger partial charge in [-0.05, 0) is 24.3 Å². The summed E-state index contributed by atoms with van der Waals surface area (Å²) in [6, 6.07) is 10.4. The summed E-state index contributed by atoms with van der Waals surface area (Å²) in [6.07, 6.45) is 1.28. The van der Waals surface area contributed by atoms with E-state index in [1.165, 1.54) is 25.6 Å². The first-order valence-corrected chi connectivity index (χ1v) is 7.63. The van der Waals surface area contributed by atoms with E-state index in [4.69, 9.17) is 9.47 Å². The Kier molecular flexibility index (Phi) is 5.12. The first-order chi connectivity index (χ1) is 12.6. The third kappa shape index (κ3) is 3.80. The van der Waals surface area contributed by atoms with E-state index in [1.807, 2.05) is 0 Å². The van der Waals surface area contributed by atoms with Gasteiger partial charge in [0.15, 0.2) is 0 Å². The third-order valence-electron chi connectivity index (χ3n) is 3.55. The number of hydrogen-bond acceptors (Lipinski definition) is 6. The Balaban J connectivity index is 1.84. The fourth-order valence-corrected chi connectivity index (χ4v) is 2.28. The van der Waals surface area contributed by atoms with E-state index < -0.39 is 11.6 Å². The first-order valence-electron chi connectivity index (χ1n) is 7.63. The van der Waals surface area contributed by atoms with Crippen LogP contribution in [0, 0.1) is 11.6 Å². The molecule has 0 aliphatic heterocycles. The smallest absolute Gasteiger partial charge is 0.149 e. The van der Waals surface area contributed by atoms with Crippen LogP contribution in [0.2, 0.25) is 0 Å². The number of para-hydroxylation sites is 1. The zero-order chi connectivity index (χ0) is 18.5. The molecule has 3 aromatic rings. The first kappa shape index (κ1) is 17.4. The van der Waals surface area contributed by atoms with Crippen molar-refractivity contribution in [1.29, 1.82) is 0 Å². The molecule has 0 saturated carbocycles. The van der Waals surface area contributed by atoms with Crippen LogP contribution in [0.5, 0.6) is 11.5 Å². The molecule has 0 bridgehead atoms. The molecule has 0 atom stereocenters. The van der Waals surface area contributed by atoms with Gasteiger partial charge in [-0.1, -0.05) is 6.07 Å². The highest BCUT2D eigenvalue weighted by atomic mass is 19.1. The lowest BCUT2D eigenvalue weighted by Gasteiger charge is -2.13. The van der Waals surface area contributed by atoms with Gasteiger partial charge in [-0.3, -0.25) is 0 Å². The van der Waals surface area contributed by atoms with Crippen LogP contribution in [-0.4, -0.2) is 24.2 Å². The second kappa shape index (κ2) is 7.64. The summed E-state index contributed by atoms with van der Waals surface area (Å²) in [5.41, 5.74) is 0.370. The fraction of sp³-hybridized carbons (Fsp3) is 0.111. The molecule has 0 amide bonds. The van der Waals surface area contributed by atoms with Crippen LogP contribution in [0.15, 0.2) is 48.8 Å². The Morgan fingerprint density at radius 2 is 1.54 bits per heavy atom. The Morgan fingerprint density at radius 3 is 2.19 bits per heavy atom. The summed E-state index contributed by atoms with van der Waals surface area (Å²) in [6.45, 7) is 0. The Morgan fingerprint density at radius 1 is 0.846 bits per heavy atom. The molecule has 3 rings (SSSR count). The van der Waals surface area contributed by atoms with Gasteiger partial charge < -0.3 is 20.1 Å². The number of aromatic nitrogens is 2. The van der Waals surface area contributed by atoms with Crippen molar-refractivity contribution in [2.45, 2.75) is 0 Å². The maximum Gasteiger partial charge on any atom is 0.149 e. The predicted molar refractivity (Wildman–Crippen MR) is 94.5 cm³/mol. The number of methoxy groups -OCH3 is 2. The van der Waals surface area contributed by atoms with E-state index in [0.717, 1.165) is 12.1 Å². The van der Waals surface area contributed by atoms with Crippen molar-refractivity contribution in [2.75, 3.05) is 24.9 Å². The number of hydrogen-bond donors (Lipinski definition) is 2. The average Bonchev–Trinajstić information content (AvgIpc) is 2.65. The van der Waals surface area contributed by atoms with Gasteiger partial charge in [-0.25, -0.2) is 18.7 Å². The van der Waals surface area contributed by atoms with E-state index in [-0.39, 0.29) is 11.5 Å². The molecule has 0 radical (unpaired) electrons. The normalized spacial score (nSPS) is 10.3. The van der Waals surface area contributed by atoms with Crippen molar-refractivity contribution in [3.63, 3.8) is 0 Å². The summed E-state index contributed by atoms with van der Waals surface area (Å²) in [5.74, 6) is 0.427. The van der Waals surface area contributed by atoms with Gasteiger partial charge in [0.2, 0.25) is 0 Å². The van der Waals surface area contributed by atoms with Gasteiger partial charge >= 0.3 is 0 Å². The molecule has 0 unspecified atom stereocenters. The predicted octanol–water partition coefficient (Wildman–Crippen LogP) is 4.26. The Labute approximate surface area is 148 Å². The minimum atomic E-state index is -0.713. The maximum atomic E-state index is 13.8. The topological polar surface area (TPSA) is 68.3 Å². The van der Waals surface area contributed by atoms with Gasteiger partial charge in [0, 0.05) is 12.1 Å². The Hall–Kier alpha value is -3.42. The molecule has 0 spiro atoms. The molecule has 1 heterocycles. The maximum absolute atomic E-state index is 13.8. The van der Waals surface area contributed by atoms with Gasteiger partial charge in [0.1, 0.15) is 46.8 Å². The summed E-state index contributed by atoms with van der Waals surface area (Å²) < 4.78 is 38.0. The minimum Gasteiger partial charge on any atom is -0.497 e. The highest BCUT2D eigenvalue weighted by Crippen LogP contribution is 2.31. The lowest BCUT2D eigenvalue weighted by Crippen LogP contribution is -2.02. The molecule has 1 aromatic heterocycles. The van der Waals surface area contributed by atoms with Gasteiger partial charge in [0.05, 0.1) is 19.9 Å². The van der Waals surface area contributed by atoms with Crippen LogP contribution >= 0.6 is 0 Å². The molecule has 2 aromatic carbocycles. The Bertz CT molecular complexity index is 901. The van der Waals surface area contributed by atoms with Crippen molar-refractivity contribution in [1.82, 2.24) is 9.97 Å². The van der Waals surface area contributed by atoms with Crippen LogP contribution < -0.4 is 20.1 Å². The molecular weight excluding hydrogens is 342 g/mol. The SMILES string of the molecule is COc1ccc(Nc2cc(Nc3c(F)cccc3F)ncn2)c(OC)c1. The quantitative estimate of drug-likeness (QED) is 0.686. The number of nitrogens with zero attached hydrogens (tertiary/aromatic N) is 2. The number of benzene rings is 2. The van der Waals surface area contributed by atoms with Crippen LogP contribution in [0.4, 0.5) is 31.8 Å². The van der Waals surface area contributed by atoms with E-state index in [0.29, 0.717) is 23.0 Å². The van der Waals surface area contributed by atoms with E-state index >= 15 is 0 Å². The van der Waals surface area contributed by atoms with Crippen LogP contribution in [-0.2, 0) is 0 Å². The average molecular weight is 358 g/mol. The highest BCUT2D eigenvalue weighted by Gasteiger charge is 2.11. The van der Waals surface area contributed by atoms with E-state index in [1.54, 1.807) is 25.3 Å². The molecule has 8 heteroatoms. The zero-order valence-corrected chi connectivity index (χ0v) is 14.1. The number of ether oxygens (including phenoxy) is 2. The van der Waals surface area contributed by atoms with Crippen LogP contribution in [0.3, 0.4) is 0 Å². The van der Waals surface area contributed by atoms with Crippen LogP contribution in [0.25, 0.3) is 0 Å². The minimum absolute atomic E-state index is 0.235. The molecule has 0 aliphatic rings.